The zero-order valence-electron chi connectivity index (χ0n) is 12.7. The second kappa shape index (κ2) is 7.64. The molecule has 1 aromatic carbocycles. The van der Waals surface area contributed by atoms with Crippen LogP contribution in [0.25, 0.3) is 0 Å². The predicted molar refractivity (Wildman–Crippen MR) is 84.3 cm³/mol. The maximum atomic E-state index is 6.25. The Labute approximate surface area is 122 Å². The van der Waals surface area contributed by atoms with Crippen LogP contribution in [0.3, 0.4) is 0 Å². The van der Waals surface area contributed by atoms with Gasteiger partial charge in [0.05, 0.1) is 17.8 Å². The van der Waals surface area contributed by atoms with Crippen molar-refractivity contribution in [3.05, 3.63) is 23.2 Å². The van der Waals surface area contributed by atoms with Crippen LogP contribution >= 0.6 is 11.6 Å². The van der Waals surface area contributed by atoms with E-state index in [9.17, 15) is 0 Å². The Morgan fingerprint density at radius 3 is 2.16 bits per heavy atom. The number of methoxy groups -OCH3 is 1. The minimum absolute atomic E-state index is 0.449. The first-order valence-corrected chi connectivity index (χ1v) is 7.40. The minimum Gasteiger partial charge on any atom is -0.497 e. The molecule has 0 spiro atoms. The summed E-state index contributed by atoms with van der Waals surface area (Å²) >= 11 is 6.25. The molecule has 2 nitrogen and oxygen atoms in total. The van der Waals surface area contributed by atoms with Crippen LogP contribution < -0.4 is 10.1 Å². The third-order valence-electron chi connectivity index (χ3n) is 3.04. The summed E-state index contributed by atoms with van der Waals surface area (Å²) in [4.78, 5) is 0. The number of hydrogen-bond acceptors (Lipinski definition) is 2. The van der Waals surface area contributed by atoms with Gasteiger partial charge in [0.2, 0.25) is 0 Å². The Bertz CT molecular complexity index is 380. The van der Waals surface area contributed by atoms with E-state index < -0.39 is 0 Å². The van der Waals surface area contributed by atoms with Crippen molar-refractivity contribution in [3.8, 4) is 5.75 Å². The van der Waals surface area contributed by atoms with Gasteiger partial charge >= 0.3 is 0 Å². The molecule has 0 saturated carbocycles. The van der Waals surface area contributed by atoms with E-state index in [1.165, 1.54) is 0 Å². The summed E-state index contributed by atoms with van der Waals surface area (Å²) in [6.45, 7) is 9.01. The number of hydrogen-bond donors (Lipinski definition) is 1. The van der Waals surface area contributed by atoms with Gasteiger partial charge in [-0.2, -0.15) is 0 Å². The Balaban J connectivity index is 2.82. The number of rotatable bonds is 7. The van der Waals surface area contributed by atoms with Gasteiger partial charge in [0, 0.05) is 12.1 Å². The number of benzene rings is 1. The first-order valence-electron chi connectivity index (χ1n) is 7.02. The molecule has 0 unspecified atom stereocenters. The van der Waals surface area contributed by atoms with Crippen molar-refractivity contribution >= 4 is 17.3 Å². The molecule has 0 radical (unpaired) electrons. The number of anilines is 1. The summed E-state index contributed by atoms with van der Waals surface area (Å²) in [6, 6.07) is 6.18. The average molecular weight is 284 g/mol. The number of nitrogens with one attached hydrogen (secondary N) is 1. The zero-order chi connectivity index (χ0) is 14.4. The van der Waals surface area contributed by atoms with Crippen molar-refractivity contribution in [1.82, 2.24) is 0 Å². The van der Waals surface area contributed by atoms with Crippen molar-refractivity contribution in [3.63, 3.8) is 0 Å². The van der Waals surface area contributed by atoms with Gasteiger partial charge < -0.3 is 10.1 Å². The van der Waals surface area contributed by atoms with Crippen LogP contribution in [-0.2, 0) is 0 Å². The van der Waals surface area contributed by atoms with E-state index in [4.69, 9.17) is 16.3 Å². The second-order valence-electron chi connectivity index (χ2n) is 5.95. The molecule has 1 aromatic rings. The third kappa shape index (κ3) is 5.73. The summed E-state index contributed by atoms with van der Waals surface area (Å²) in [6.07, 6.45) is 2.29. The first-order chi connectivity index (χ1) is 8.92. The van der Waals surface area contributed by atoms with Crippen molar-refractivity contribution < 1.29 is 4.74 Å². The molecular formula is C16H26ClNO. The quantitative estimate of drug-likeness (QED) is 0.740. The van der Waals surface area contributed by atoms with Gasteiger partial charge in [-0.1, -0.05) is 39.3 Å². The van der Waals surface area contributed by atoms with Gasteiger partial charge in [0.1, 0.15) is 5.75 Å². The molecule has 0 saturated heterocycles. The third-order valence-corrected chi connectivity index (χ3v) is 3.37. The fraction of sp³-hybridized carbons (Fsp3) is 0.625. The van der Waals surface area contributed by atoms with Crippen LogP contribution in [0.5, 0.6) is 5.75 Å². The Morgan fingerprint density at radius 2 is 1.68 bits per heavy atom. The summed E-state index contributed by atoms with van der Waals surface area (Å²) in [5.74, 6) is 2.17. The first kappa shape index (κ1) is 16.2. The summed E-state index contributed by atoms with van der Waals surface area (Å²) < 4.78 is 5.25. The summed E-state index contributed by atoms with van der Waals surface area (Å²) in [5.41, 5.74) is 0.965. The van der Waals surface area contributed by atoms with Gasteiger partial charge in [0.25, 0.3) is 0 Å². The molecule has 0 bridgehead atoms. The average Bonchev–Trinajstić information content (AvgIpc) is 2.30. The van der Waals surface area contributed by atoms with Crippen molar-refractivity contribution in [1.29, 1.82) is 0 Å². The molecule has 108 valence electrons. The molecule has 0 heterocycles. The Morgan fingerprint density at radius 1 is 1.11 bits per heavy atom. The van der Waals surface area contributed by atoms with Crippen LogP contribution in [0, 0.1) is 11.8 Å². The highest BCUT2D eigenvalue weighted by atomic mass is 35.5. The second-order valence-corrected chi connectivity index (χ2v) is 6.35. The molecule has 0 fully saturated rings. The van der Waals surface area contributed by atoms with Crippen LogP contribution in [0.1, 0.15) is 40.5 Å². The molecule has 3 heteroatoms. The van der Waals surface area contributed by atoms with E-state index in [0.29, 0.717) is 17.9 Å². The predicted octanol–water partition coefficient (Wildman–Crippen LogP) is 5.22. The van der Waals surface area contributed by atoms with E-state index >= 15 is 0 Å². The number of halogens is 1. The molecular weight excluding hydrogens is 258 g/mol. The molecule has 1 N–H and O–H groups in total. The smallest absolute Gasteiger partial charge is 0.121 e. The van der Waals surface area contributed by atoms with Gasteiger partial charge in [0.15, 0.2) is 0 Å². The molecule has 1 rings (SSSR count). The lowest BCUT2D eigenvalue weighted by atomic mass is 9.95. The normalized spacial score (nSPS) is 11.4. The highest BCUT2D eigenvalue weighted by Gasteiger charge is 2.14. The Kier molecular flexibility index (Phi) is 6.50. The van der Waals surface area contributed by atoms with Crippen LogP contribution in [0.2, 0.25) is 5.02 Å². The van der Waals surface area contributed by atoms with E-state index in [1.54, 1.807) is 7.11 Å². The molecule has 0 aromatic heterocycles. The molecule has 0 amide bonds. The minimum atomic E-state index is 0.449. The highest BCUT2D eigenvalue weighted by molar-refractivity contribution is 6.33. The molecule has 19 heavy (non-hydrogen) atoms. The Hall–Kier alpha value is -0.890. The van der Waals surface area contributed by atoms with E-state index in [0.717, 1.165) is 29.3 Å². The monoisotopic (exact) mass is 283 g/mol. The van der Waals surface area contributed by atoms with Crippen molar-refractivity contribution in [2.45, 2.75) is 46.6 Å². The number of ether oxygens (including phenoxy) is 1. The fourth-order valence-electron chi connectivity index (χ4n) is 2.31. The molecule has 0 aliphatic heterocycles. The SMILES string of the molecule is COc1ccc(Cl)c(NC(CC(C)C)CC(C)C)c1. The lowest BCUT2D eigenvalue weighted by molar-refractivity contribution is 0.414. The molecule has 0 atom stereocenters. The largest absolute Gasteiger partial charge is 0.497 e. The van der Waals surface area contributed by atoms with Crippen LogP contribution in [0.15, 0.2) is 18.2 Å². The maximum absolute atomic E-state index is 6.25. The maximum Gasteiger partial charge on any atom is 0.121 e. The zero-order valence-corrected chi connectivity index (χ0v) is 13.4. The lowest BCUT2D eigenvalue weighted by Gasteiger charge is -2.24. The molecule has 0 aliphatic carbocycles. The fourth-order valence-corrected chi connectivity index (χ4v) is 2.49. The highest BCUT2D eigenvalue weighted by Crippen LogP contribution is 2.29. The topological polar surface area (TPSA) is 21.3 Å². The van der Waals surface area contributed by atoms with Crippen molar-refractivity contribution in [2.24, 2.45) is 11.8 Å². The van der Waals surface area contributed by atoms with E-state index in [-0.39, 0.29) is 0 Å². The van der Waals surface area contributed by atoms with Gasteiger partial charge in [-0.15, -0.1) is 0 Å². The summed E-state index contributed by atoms with van der Waals surface area (Å²) in [5, 5.41) is 4.32. The van der Waals surface area contributed by atoms with Crippen LogP contribution in [0.4, 0.5) is 5.69 Å². The van der Waals surface area contributed by atoms with Crippen molar-refractivity contribution in [2.75, 3.05) is 12.4 Å². The lowest BCUT2D eigenvalue weighted by Crippen LogP contribution is -2.23. The van der Waals surface area contributed by atoms with Crippen LogP contribution in [-0.4, -0.2) is 13.2 Å². The summed E-state index contributed by atoms with van der Waals surface area (Å²) in [7, 11) is 1.67. The standard InChI is InChI=1S/C16H26ClNO/c1-11(2)8-13(9-12(3)4)18-16-10-14(19-5)6-7-15(16)17/h6-7,10-13,18H,8-9H2,1-5H3. The van der Waals surface area contributed by atoms with Gasteiger partial charge in [-0.3, -0.25) is 0 Å². The molecule has 0 aliphatic rings. The van der Waals surface area contributed by atoms with Gasteiger partial charge in [-0.25, -0.2) is 0 Å². The van der Waals surface area contributed by atoms with Gasteiger partial charge in [-0.05, 0) is 36.8 Å². The van der Waals surface area contributed by atoms with E-state index in [1.807, 2.05) is 18.2 Å². The van der Waals surface area contributed by atoms with E-state index in [2.05, 4.69) is 33.0 Å².